The largest absolute Gasteiger partial charge is 0.491 e. The van der Waals surface area contributed by atoms with E-state index in [1.807, 2.05) is 49.3 Å². The first kappa shape index (κ1) is 18.7. The van der Waals surface area contributed by atoms with Gasteiger partial charge in [0.25, 0.3) is 0 Å². The number of amides is 1. The van der Waals surface area contributed by atoms with Gasteiger partial charge in [0.2, 0.25) is 5.91 Å². The van der Waals surface area contributed by atoms with Crippen LogP contribution in [0.2, 0.25) is 0 Å². The summed E-state index contributed by atoms with van der Waals surface area (Å²) in [6.07, 6.45) is 2.72. The van der Waals surface area contributed by atoms with E-state index in [4.69, 9.17) is 4.74 Å². The molecule has 0 saturated carbocycles. The number of aliphatic hydroxyl groups is 1. The minimum atomic E-state index is -0.544. The van der Waals surface area contributed by atoms with Gasteiger partial charge < -0.3 is 20.1 Å². The number of hydrogen-bond acceptors (Lipinski definition) is 4. The van der Waals surface area contributed by atoms with E-state index in [0.29, 0.717) is 18.0 Å². The van der Waals surface area contributed by atoms with Crippen molar-refractivity contribution in [1.82, 2.24) is 4.90 Å². The van der Waals surface area contributed by atoms with Crippen molar-refractivity contribution in [3.63, 3.8) is 0 Å². The van der Waals surface area contributed by atoms with Crippen molar-refractivity contribution in [2.45, 2.75) is 6.10 Å². The minimum absolute atomic E-state index is 0.195. The lowest BCUT2D eigenvalue weighted by Gasteiger charge is -2.16. The van der Waals surface area contributed by atoms with Crippen molar-refractivity contribution >= 4 is 17.7 Å². The lowest BCUT2D eigenvalue weighted by Crippen LogP contribution is -2.30. The number of nitrogens with zero attached hydrogens (tertiary/aromatic N) is 1. The molecule has 1 amide bonds. The first-order valence-electron chi connectivity index (χ1n) is 8.13. The summed E-state index contributed by atoms with van der Waals surface area (Å²) >= 11 is 0. The summed E-state index contributed by atoms with van der Waals surface area (Å²) in [6, 6.07) is 16.7. The molecule has 0 radical (unpaired) electrons. The summed E-state index contributed by atoms with van der Waals surface area (Å²) in [4.78, 5) is 13.8. The molecule has 5 heteroatoms. The fraction of sp³-hybridized carbons (Fsp3) is 0.250. The number of aliphatic hydroxyl groups excluding tert-OH is 1. The SMILES string of the molecule is CN(C)CC(O)COc1ccc(NC(=O)/C=C/c2ccccc2)cc1. The van der Waals surface area contributed by atoms with Crippen LogP contribution in [0.15, 0.2) is 60.7 Å². The Balaban J connectivity index is 1.81. The summed E-state index contributed by atoms with van der Waals surface area (Å²) in [7, 11) is 3.79. The Morgan fingerprint density at radius 1 is 1.16 bits per heavy atom. The summed E-state index contributed by atoms with van der Waals surface area (Å²) in [5.74, 6) is 0.453. The predicted octanol–water partition coefficient (Wildman–Crippen LogP) is 2.64. The summed E-state index contributed by atoms with van der Waals surface area (Å²) in [5, 5.41) is 12.6. The smallest absolute Gasteiger partial charge is 0.248 e. The molecule has 1 unspecified atom stereocenters. The van der Waals surface area contributed by atoms with Crippen LogP contribution in [0.4, 0.5) is 5.69 Å². The second kappa shape index (κ2) is 9.61. The Hall–Kier alpha value is -2.63. The van der Waals surface area contributed by atoms with Gasteiger partial charge in [0.1, 0.15) is 18.5 Å². The Morgan fingerprint density at radius 2 is 1.84 bits per heavy atom. The van der Waals surface area contributed by atoms with Crippen LogP contribution in [0.25, 0.3) is 6.08 Å². The average Bonchev–Trinajstić information content (AvgIpc) is 2.60. The molecule has 0 saturated heterocycles. The molecule has 1 atom stereocenters. The molecule has 0 fully saturated rings. The van der Waals surface area contributed by atoms with Crippen molar-refractivity contribution in [1.29, 1.82) is 0 Å². The number of carbonyl (C=O) groups is 1. The molecular weight excluding hydrogens is 316 g/mol. The van der Waals surface area contributed by atoms with E-state index >= 15 is 0 Å². The summed E-state index contributed by atoms with van der Waals surface area (Å²) < 4.78 is 5.53. The lowest BCUT2D eigenvalue weighted by atomic mass is 10.2. The topological polar surface area (TPSA) is 61.8 Å². The van der Waals surface area contributed by atoms with Crippen molar-refractivity contribution in [3.8, 4) is 5.75 Å². The van der Waals surface area contributed by atoms with E-state index in [-0.39, 0.29) is 12.5 Å². The van der Waals surface area contributed by atoms with Crippen LogP contribution in [0.1, 0.15) is 5.56 Å². The van der Waals surface area contributed by atoms with Crippen molar-refractivity contribution in [2.75, 3.05) is 32.6 Å². The van der Waals surface area contributed by atoms with Crippen molar-refractivity contribution < 1.29 is 14.6 Å². The maximum absolute atomic E-state index is 11.9. The van der Waals surface area contributed by atoms with Crippen LogP contribution in [0.5, 0.6) is 5.75 Å². The fourth-order valence-electron chi connectivity index (χ4n) is 2.22. The Labute approximate surface area is 148 Å². The highest BCUT2D eigenvalue weighted by Crippen LogP contribution is 2.16. The zero-order valence-electron chi connectivity index (χ0n) is 14.6. The van der Waals surface area contributed by atoms with Crippen molar-refractivity contribution in [3.05, 3.63) is 66.2 Å². The molecule has 0 spiro atoms. The quantitative estimate of drug-likeness (QED) is 0.725. The van der Waals surface area contributed by atoms with Gasteiger partial charge in [0.05, 0.1) is 0 Å². The molecule has 132 valence electrons. The third-order valence-electron chi connectivity index (χ3n) is 3.37. The maximum atomic E-state index is 11.9. The molecule has 0 aliphatic carbocycles. The van der Waals surface area contributed by atoms with E-state index in [9.17, 15) is 9.90 Å². The molecule has 0 aromatic heterocycles. The third kappa shape index (κ3) is 7.20. The highest BCUT2D eigenvalue weighted by atomic mass is 16.5. The van der Waals surface area contributed by atoms with Gasteiger partial charge in [-0.3, -0.25) is 4.79 Å². The van der Waals surface area contributed by atoms with Gasteiger partial charge in [-0.05, 0) is 50.0 Å². The van der Waals surface area contributed by atoms with E-state index < -0.39 is 6.10 Å². The normalized spacial score (nSPS) is 12.3. The van der Waals surface area contributed by atoms with Crippen LogP contribution < -0.4 is 10.1 Å². The van der Waals surface area contributed by atoms with Gasteiger partial charge in [-0.15, -0.1) is 0 Å². The van der Waals surface area contributed by atoms with Gasteiger partial charge in [-0.1, -0.05) is 30.3 Å². The zero-order chi connectivity index (χ0) is 18.1. The van der Waals surface area contributed by atoms with E-state index in [2.05, 4.69) is 5.32 Å². The van der Waals surface area contributed by atoms with Gasteiger partial charge in [0, 0.05) is 18.3 Å². The number of rotatable bonds is 8. The number of hydrogen-bond donors (Lipinski definition) is 2. The number of carbonyl (C=O) groups excluding carboxylic acids is 1. The van der Waals surface area contributed by atoms with Gasteiger partial charge in [0.15, 0.2) is 0 Å². The first-order chi connectivity index (χ1) is 12.0. The third-order valence-corrected chi connectivity index (χ3v) is 3.37. The number of anilines is 1. The highest BCUT2D eigenvalue weighted by molar-refractivity contribution is 6.01. The average molecular weight is 340 g/mol. The van der Waals surface area contributed by atoms with Gasteiger partial charge >= 0.3 is 0 Å². The summed E-state index contributed by atoms with van der Waals surface area (Å²) in [6.45, 7) is 0.769. The van der Waals surface area contributed by atoms with Crippen LogP contribution in [-0.4, -0.2) is 49.3 Å². The fourth-order valence-corrected chi connectivity index (χ4v) is 2.22. The first-order valence-corrected chi connectivity index (χ1v) is 8.13. The molecule has 0 bridgehead atoms. The van der Waals surface area contributed by atoms with Crippen molar-refractivity contribution in [2.24, 2.45) is 0 Å². The molecule has 0 aliphatic rings. The number of ether oxygens (including phenoxy) is 1. The molecule has 0 heterocycles. The highest BCUT2D eigenvalue weighted by Gasteiger charge is 2.06. The molecular formula is C20H24N2O3. The minimum Gasteiger partial charge on any atom is -0.491 e. The summed E-state index contributed by atoms with van der Waals surface area (Å²) in [5.41, 5.74) is 1.65. The molecule has 2 aromatic rings. The molecule has 25 heavy (non-hydrogen) atoms. The molecule has 2 N–H and O–H groups in total. The van der Waals surface area contributed by atoms with E-state index in [1.54, 1.807) is 30.3 Å². The second-order valence-corrected chi connectivity index (χ2v) is 5.98. The van der Waals surface area contributed by atoms with Crippen LogP contribution in [0.3, 0.4) is 0 Å². The predicted molar refractivity (Wildman–Crippen MR) is 101 cm³/mol. The lowest BCUT2D eigenvalue weighted by molar-refractivity contribution is -0.111. The van der Waals surface area contributed by atoms with Gasteiger partial charge in [-0.2, -0.15) is 0 Å². The number of nitrogens with one attached hydrogen (secondary N) is 1. The van der Waals surface area contributed by atoms with E-state index in [1.165, 1.54) is 6.08 Å². The number of likely N-dealkylation sites (N-methyl/N-ethyl adjacent to an activating group) is 1. The monoisotopic (exact) mass is 340 g/mol. The van der Waals surface area contributed by atoms with Crippen LogP contribution in [0, 0.1) is 0 Å². The van der Waals surface area contributed by atoms with Crippen LogP contribution in [-0.2, 0) is 4.79 Å². The molecule has 2 rings (SSSR count). The van der Waals surface area contributed by atoms with Gasteiger partial charge in [-0.25, -0.2) is 0 Å². The Kier molecular flexibility index (Phi) is 7.19. The number of benzene rings is 2. The molecule has 0 aliphatic heterocycles. The zero-order valence-corrected chi connectivity index (χ0v) is 14.6. The standard InChI is InChI=1S/C20H24N2O3/c1-22(2)14-18(23)15-25-19-11-9-17(10-12-19)21-20(24)13-8-16-6-4-3-5-7-16/h3-13,18,23H,14-15H2,1-2H3,(H,21,24)/b13-8+. The molecule has 2 aromatic carbocycles. The maximum Gasteiger partial charge on any atom is 0.248 e. The second-order valence-electron chi connectivity index (χ2n) is 5.98. The molecule has 5 nitrogen and oxygen atoms in total. The Bertz CT molecular complexity index is 682. The van der Waals surface area contributed by atoms with Crippen LogP contribution >= 0.6 is 0 Å². The Morgan fingerprint density at radius 3 is 2.48 bits per heavy atom. The van der Waals surface area contributed by atoms with E-state index in [0.717, 1.165) is 5.56 Å².